The number of hydrogen-bond donors (Lipinski definition) is 2. The molecule has 10 heteroatoms. The van der Waals surface area contributed by atoms with Crippen LogP contribution in [0.1, 0.15) is 34.3 Å². The molecule has 4 rings (SSSR count). The van der Waals surface area contributed by atoms with Crippen LogP contribution in [0.2, 0.25) is 0 Å². The first-order valence-electron chi connectivity index (χ1n) is 9.45. The standard InChI is InChI=1S/C20H20N4O3S3/c1-12(25)21-10-13-6-7-16(30-13)14-11-29-20(22-14)23-18(26)15-4-2-8-24(15)19(27)17-5-3-9-28-17/h3,5-7,9,11,15H,2,4,8,10H2,1H3,(H,21,25)(H,22,23,26). The Morgan fingerprint density at radius 2 is 2.10 bits per heavy atom. The molecule has 4 heterocycles. The molecule has 0 saturated carbocycles. The molecule has 3 aromatic rings. The number of thiophene rings is 2. The molecule has 0 spiro atoms. The topological polar surface area (TPSA) is 91.4 Å². The van der Waals surface area contributed by atoms with Crippen molar-refractivity contribution in [1.82, 2.24) is 15.2 Å². The molecule has 0 aliphatic carbocycles. The zero-order chi connectivity index (χ0) is 21.1. The van der Waals surface area contributed by atoms with E-state index in [0.717, 1.165) is 21.9 Å². The van der Waals surface area contributed by atoms with E-state index in [2.05, 4.69) is 15.6 Å². The summed E-state index contributed by atoms with van der Waals surface area (Å²) in [5.74, 6) is -0.356. The lowest BCUT2D eigenvalue weighted by Crippen LogP contribution is -2.42. The molecule has 0 aromatic carbocycles. The maximum Gasteiger partial charge on any atom is 0.264 e. The van der Waals surface area contributed by atoms with Crippen LogP contribution in [0.15, 0.2) is 35.0 Å². The van der Waals surface area contributed by atoms with E-state index < -0.39 is 6.04 Å². The van der Waals surface area contributed by atoms with Crippen LogP contribution < -0.4 is 10.6 Å². The molecule has 2 N–H and O–H groups in total. The zero-order valence-electron chi connectivity index (χ0n) is 16.2. The first-order chi connectivity index (χ1) is 14.5. The molecule has 3 aromatic heterocycles. The second-order valence-corrected chi connectivity index (χ2v) is 9.81. The number of thiazole rings is 1. The molecular weight excluding hydrogens is 440 g/mol. The monoisotopic (exact) mass is 460 g/mol. The minimum absolute atomic E-state index is 0.0675. The molecule has 1 aliphatic rings. The average molecular weight is 461 g/mol. The molecule has 1 fully saturated rings. The van der Waals surface area contributed by atoms with E-state index in [1.54, 1.807) is 22.3 Å². The van der Waals surface area contributed by atoms with Gasteiger partial charge in [-0.05, 0) is 36.4 Å². The quantitative estimate of drug-likeness (QED) is 0.585. The number of nitrogens with one attached hydrogen (secondary N) is 2. The van der Waals surface area contributed by atoms with Gasteiger partial charge in [0.15, 0.2) is 5.13 Å². The summed E-state index contributed by atoms with van der Waals surface area (Å²) in [7, 11) is 0. The number of carbonyl (C=O) groups is 3. The van der Waals surface area contributed by atoms with Gasteiger partial charge in [-0.1, -0.05) is 6.07 Å². The fraction of sp³-hybridized carbons (Fsp3) is 0.300. The molecular formula is C20H20N4O3S3. The highest BCUT2D eigenvalue weighted by molar-refractivity contribution is 7.17. The SMILES string of the molecule is CC(=O)NCc1ccc(-c2csc(NC(=O)C3CCCN3C(=O)c3cccs3)n2)s1. The van der Waals surface area contributed by atoms with Gasteiger partial charge in [-0.2, -0.15) is 0 Å². The summed E-state index contributed by atoms with van der Waals surface area (Å²) >= 11 is 4.30. The van der Waals surface area contributed by atoms with Gasteiger partial charge in [0.1, 0.15) is 6.04 Å². The largest absolute Gasteiger partial charge is 0.351 e. The fourth-order valence-corrected chi connectivity index (χ4v) is 5.65. The first-order valence-corrected chi connectivity index (χ1v) is 12.0. The Labute approximate surface area is 185 Å². The number of nitrogens with zero attached hydrogens (tertiary/aromatic N) is 2. The number of likely N-dealkylation sites (tertiary alicyclic amines) is 1. The third-order valence-electron chi connectivity index (χ3n) is 4.71. The van der Waals surface area contributed by atoms with Crippen LogP contribution in [-0.2, 0) is 16.1 Å². The lowest BCUT2D eigenvalue weighted by Gasteiger charge is -2.22. The number of hydrogen-bond acceptors (Lipinski definition) is 7. The summed E-state index contributed by atoms with van der Waals surface area (Å²) in [6.45, 7) is 2.57. The van der Waals surface area contributed by atoms with Gasteiger partial charge in [0.25, 0.3) is 5.91 Å². The zero-order valence-corrected chi connectivity index (χ0v) is 18.7. The Morgan fingerprint density at radius 1 is 1.23 bits per heavy atom. The maximum atomic E-state index is 12.8. The number of rotatable bonds is 6. The summed E-state index contributed by atoms with van der Waals surface area (Å²) in [4.78, 5) is 45.4. The second kappa shape index (κ2) is 9.07. The molecule has 30 heavy (non-hydrogen) atoms. The van der Waals surface area contributed by atoms with Crippen molar-refractivity contribution >= 4 is 56.9 Å². The highest BCUT2D eigenvalue weighted by Crippen LogP contribution is 2.31. The normalized spacial score (nSPS) is 15.9. The van der Waals surface area contributed by atoms with Gasteiger partial charge in [-0.3, -0.25) is 14.4 Å². The molecule has 1 saturated heterocycles. The van der Waals surface area contributed by atoms with Crippen molar-refractivity contribution in [3.63, 3.8) is 0 Å². The van der Waals surface area contributed by atoms with E-state index in [0.29, 0.717) is 29.5 Å². The number of aromatic nitrogens is 1. The smallest absolute Gasteiger partial charge is 0.264 e. The lowest BCUT2D eigenvalue weighted by molar-refractivity contribution is -0.120. The van der Waals surface area contributed by atoms with E-state index >= 15 is 0 Å². The van der Waals surface area contributed by atoms with Crippen molar-refractivity contribution in [3.8, 4) is 10.6 Å². The van der Waals surface area contributed by atoms with E-state index in [4.69, 9.17) is 0 Å². The van der Waals surface area contributed by atoms with Crippen molar-refractivity contribution in [3.05, 3.63) is 44.8 Å². The maximum absolute atomic E-state index is 12.8. The Hall–Kier alpha value is -2.56. The van der Waals surface area contributed by atoms with Gasteiger partial charge in [-0.15, -0.1) is 34.0 Å². The van der Waals surface area contributed by atoms with Crippen LogP contribution in [0.25, 0.3) is 10.6 Å². The summed E-state index contributed by atoms with van der Waals surface area (Å²) in [6, 6.07) is 7.07. The second-order valence-electron chi connectivity index (χ2n) is 6.84. The van der Waals surface area contributed by atoms with Gasteiger partial charge in [0.2, 0.25) is 11.8 Å². The van der Waals surface area contributed by atoms with Gasteiger partial charge in [0, 0.05) is 23.7 Å². The van der Waals surface area contributed by atoms with Crippen LogP contribution in [0.4, 0.5) is 5.13 Å². The third kappa shape index (κ3) is 4.61. The van der Waals surface area contributed by atoms with E-state index in [1.165, 1.54) is 29.6 Å². The van der Waals surface area contributed by atoms with Crippen LogP contribution in [0, 0.1) is 0 Å². The molecule has 3 amide bonds. The highest BCUT2D eigenvalue weighted by Gasteiger charge is 2.35. The Morgan fingerprint density at radius 3 is 2.87 bits per heavy atom. The van der Waals surface area contributed by atoms with Crippen molar-refractivity contribution in [2.24, 2.45) is 0 Å². The molecule has 1 aliphatic heterocycles. The van der Waals surface area contributed by atoms with Crippen LogP contribution >= 0.6 is 34.0 Å². The third-order valence-corrected chi connectivity index (χ3v) is 7.43. The van der Waals surface area contributed by atoms with Crippen molar-refractivity contribution < 1.29 is 14.4 Å². The van der Waals surface area contributed by atoms with Crippen molar-refractivity contribution in [1.29, 1.82) is 0 Å². The number of anilines is 1. The highest BCUT2D eigenvalue weighted by atomic mass is 32.1. The van der Waals surface area contributed by atoms with Crippen LogP contribution in [0.3, 0.4) is 0 Å². The molecule has 1 atom stereocenters. The van der Waals surface area contributed by atoms with Crippen molar-refractivity contribution in [2.75, 3.05) is 11.9 Å². The predicted molar refractivity (Wildman–Crippen MR) is 120 cm³/mol. The molecule has 1 unspecified atom stereocenters. The first kappa shape index (κ1) is 20.7. The van der Waals surface area contributed by atoms with Crippen LogP contribution in [0.5, 0.6) is 0 Å². The Bertz CT molecular complexity index is 1060. The van der Waals surface area contributed by atoms with Crippen LogP contribution in [-0.4, -0.2) is 40.2 Å². The van der Waals surface area contributed by atoms with E-state index in [-0.39, 0.29) is 17.7 Å². The Kier molecular flexibility index (Phi) is 6.26. The summed E-state index contributed by atoms with van der Waals surface area (Å²) < 4.78 is 0. The van der Waals surface area contributed by atoms with Gasteiger partial charge in [-0.25, -0.2) is 4.98 Å². The summed E-state index contributed by atoms with van der Waals surface area (Å²) in [5, 5.41) is 9.93. The molecule has 0 radical (unpaired) electrons. The lowest BCUT2D eigenvalue weighted by atomic mass is 10.2. The van der Waals surface area contributed by atoms with E-state index in [1.807, 2.05) is 29.0 Å². The molecule has 0 bridgehead atoms. The summed E-state index contributed by atoms with van der Waals surface area (Å²) in [5.41, 5.74) is 0.785. The Balaban J connectivity index is 1.40. The van der Waals surface area contributed by atoms with E-state index in [9.17, 15) is 14.4 Å². The van der Waals surface area contributed by atoms with Gasteiger partial charge in [0.05, 0.1) is 22.0 Å². The predicted octanol–water partition coefficient (Wildman–Crippen LogP) is 3.81. The minimum atomic E-state index is -0.474. The molecule has 156 valence electrons. The average Bonchev–Trinajstić information content (AvgIpc) is 3.52. The summed E-state index contributed by atoms with van der Waals surface area (Å²) in [6.07, 6.45) is 1.46. The number of carbonyl (C=O) groups excluding carboxylic acids is 3. The van der Waals surface area contributed by atoms with Crippen molar-refractivity contribution in [2.45, 2.75) is 32.4 Å². The molecule has 7 nitrogen and oxygen atoms in total. The van der Waals surface area contributed by atoms with Gasteiger partial charge < -0.3 is 15.5 Å². The number of amides is 3. The van der Waals surface area contributed by atoms with Gasteiger partial charge >= 0.3 is 0 Å². The minimum Gasteiger partial charge on any atom is -0.351 e. The fourth-order valence-electron chi connectivity index (χ4n) is 3.28.